The molecular weight excluding hydrogens is 238 g/mol. The van der Waals surface area contributed by atoms with Crippen molar-refractivity contribution in [1.29, 1.82) is 0 Å². The second kappa shape index (κ2) is 6.06. The van der Waals surface area contributed by atoms with Gasteiger partial charge in [-0.2, -0.15) is 0 Å². The first-order valence-corrected chi connectivity index (χ1v) is 6.97. The minimum Gasteiger partial charge on any atom is -0.399 e. The molecule has 1 aromatic rings. The summed E-state index contributed by atoms with van der Waals surface area (Å²) in [6, 6.07) is 8.22. The highest BCUT2D eigenvalue weighted by atomic mass is 16.2. The van der Waals surface area contributed by atoms with Crippen LogP contribution in [0.4, 0.5) is 11.4 Å². The van der Waals surface area contributed by atoms with Crippen molar-refractivity contribution >= 4 is 17.3 Å². The van der Waals surface area contributed by atoms with Gasteiger partial charge in [-0.25, -0.2) is 0 Å². The largest absolute Gasteiger partial charge is 0.399 e. The first kappa shape index (κ1) is 13.9. The SMILES string of the molecule is C[C@@H]1CCC[C@H](C)N1CC(=O)Nc1ccc(N)cc1. The third-order valence-corrected chi connectivity index (χ3v) is 3.90. The van der Waals surface area contributed by atoms with Gasteiger partial charge in [0.2, 0.25) is 5.91 Å². The number of likely N-dealkylation sites (tertiary alicyclic amines) is 1. The highest BCUT2D eigenvalue weighted by Crippen LogP contribution is 2.22. The van der Waals surface area contributed by atoms with Crippen LogP contribution in [0.3, 0.4) is 0 Å². The van der Waals surface area contributed by atoms with E-state index >= 15 is 0 Å². The first-order chi connectivity index (χ1) is 9.06. The van der Waals surface area contributed by atoms with E-state index < -0.39 is 0 Å². The summed E-state index contributed by atoms with van der Waals surface area (Å²) in [6.45, 7) is 4.87. The quantitative estimate of drug-likeness (QED) is 0.822. The maximum Gasteiger partial charge on any atom is 0.238 e. The summed E-state index contributed by atoms with van der Waals surface area (Å²) in [5, 5.41) is 2.92. The second-order valence-corrected chi connectivity index (χ2v) is 5.47. The molecule has 4 heteroatoms. The molecule has 4 nitrogen and oxygen atoms in total. The van der Waals surface area contributed by atoms with Crippen LogP contribution >= 0.6 is 0 Å². The van der Waals surface area contributed by atoms with Crippen LogP contribution < -0.4 is 11.1 Å². The van der Waals surface area contributed by atoms with Gasteiger partial charge in [0.05, 0.1) is 6.54 Å². The Balaban J connectivity index is 1.91. The molecule has 0 saturated carbocycles. The molecule has 0 radical (unpaired) electrons. The van der Waals surface area contributed by atoms with Gasteiger partial charge in [-0.05, 0) is 51.0 Å². The maximum atomic E-state index is 12.1. The van der Waals surface area contributed by atoms with E-state index in [9.17, 15) is 4.79 Å². The minimum atomic E-state index is 0.0466. The number of carbonyl (C=O) groups excluding carboxylic acids is 1. The lowest BCUT2D eigenvalue weighted by Crippen LogP contribution is -2.47. The predicted octanol–water partition coefficient (Wildman–Crippen LogP) is 2.47. The molecule has 3 N–H and O–H groups in total. The molecule has 0 bridgehead atoms. The number of piperidine rings is 1. The molecule has 1 heterocycles. The number of carbonyl (C=O) groups is 1. The number of nitrogens with two attached hydrogens (primary N) is 1. The van der Waals surface area contributed by atoms with Crippen molar-refractivity contribution in [3.8, 4) is 0 Å². The maximum absolute atomic E-state index is 12.1. The van der Waals surface area contributed by atoms with Crippen molar-refractivity contribution in [1.82, 2.24) is 4.90 Å². The number of nitrogen functional groups attached to an aromatic ring is 1. The molecule has 0 spiro atoms. The van der Waals surface area contributed by atoms with Gasteiger partial charge in [-0.15, -0.1) is 0 Å². The average molecular weight is 261 g/mol. The van der Waals surface area contributed by atoms with Crippen molar-refractivity contribution in [2.24, 2.45) is 0 Å². The smallest absolute Gasteiger partial charge is 0.238 e. The van der Waals surface area contributed by atoms with Crippen molar-refractivity contribution in [2.75, 3.05) is 17.6 Å². The van der Waals surface area contributed by atoms with Gasteiger partial charge in [-0.1, -0.05) is 6.42 Å². The number of hydrogen-bond acceptors (Lipinski definition) is 3. The van der Waals surface area contributed by atoms with Crippen molar-refractivity contribution in [2.45, 2.75) is 45.2 Å². The molecule has 1 aromatic carbocycles. The fourth-order valence-electron chi connectivity index (χ4n) is 2.72. The fourth-order valence-corrected chi connectivity index (χ4v) is 2.72. The van der Waals surface area contributed by atoms with Gasteiger partial charge in [0.25, 0.3) is 0 Å². The summed E-state index contributed by atoms with van der Waals surface area (Å²) in [4.78, 5) is 14.4. The molecule has 1 saturated heterocycles. The van der Waals surface area contributed by atoms with Gasteiger partial charge in [0, 0.05) is 23.5 Å². The van der Waals surface area contributed by atoms with Crippen LogP contribution in [0.2, 0.25) is 0 Å². The van der Waals surface area contributed by atoms with Gasteiger partial charge in [0.15, 0.2) is 0 Å². The van der Waals surface area contributed by atoms with Gasteiger partial charge in [-0.3, -0.25) is 9.69 Å². The lowest BCUT2D eigenvalue weighted by atomic mass is 9.97. The highest BCUT2D eigenvalue weighted by Gasteiger charge is 2.26. The summed E-state index contributed by atoms with van der Waals surface area (Å²) in [7, 11) is 0. The molecule has 19 heavy (non-hydrogen) atoms. The third-order valence-electron chi connectivity index (χ3n) is 3.90. The number of amides is 1. The van der Waals surface area contributed by atoms with E-state index in [4.69, 9.17) is 5.73 Å². The Labute approximate surface area is 115 Å². The lowest BCUT2D eigenvalue weighted by molar-refractivity contribution is -0.118. The monoisotopic (exact) mass is 261 g/mol. The van der Waals surface area contributed by atoms with E-state index in [1.807, 2.05) is 12.1 Å². The zero-order valence-corrected chi connectivity index (χ0v) is 11.7. The molecule has 0 unspecified atom stereocenters. The Kier molecular flexibility index (Phi) is 4.43. The van der Waals surface area contributed by atoms with E-state index in [0.717, 1.165) is 5.69 Å². The van der Waals surface area contributed by atoms with E-state index in [1.165, 1.54) is 19.3 Å². The molecule has 0 aliphatic carbocycles. The zero-order valence-electron chi connectivity index (χ0n) is 11.7. The number of nitrogens with zero attached hydrogens (tertiary/aromatic N) is 1. The minimum absolute atomic E-state index is 0.0466. The lowest BCUT2D eigenvalue weighted by Gasteiger charge is -2.38. The van der Waals surface area contributed by atoms with Crippen LogP contribution in [0.5, 0.6) is 0 Å². The molecule has 2 rings (SSSR count). The van der Waals surface area contributed by atoms with Crippen molar-refractivity contribution in [3.63, 3.8) is 0 Å². The summed E-state index contributed by atoms with van der Waals surface area (Å²) in [5.74, 6) is 0.0466. The molecule has 1 aliphatic rings. The summed E-state index contributed by atoms with van der Waals surface area (Å²) in [5.41, 5.74) is 7.13. The zero-order chi connectivity index (χ0) is 13.8. The van der Waals surface area contributed by atoms with Crippen molar-refractivity contribution in [3.05, 3.63) is 24.3 Å². The topological polar surface area (TPSA) is 58.4 Å². The Morgan fingerprint density at radius 3 is 2.42 bits per heavy atom. The molecule has 1 amide bonds. The first-order valence-electron chi connectivity index (χ1n) is 6.97. The van der Waals surface area contributed by atoms with Crippen molar-refractivity contribution < 1.29 is 4.79 Å². The van der Waals surface area contributed by atoms with Crippen LogP contribution in [0.15, 0.2) is 24.3 Å². The highest BCUT2D eigenvalue weighted by molar-refractivity contribution is 5.92. The van der Waals surface area contributed by atoms with Gasteiger partial charge in [0.1, 0.15) is 0 Å². The van der Waals surface area contributed by atoms with E-state index in [-0.39, 0.29) is 5.91 Å². The standard InChI is InChI=1S/C15H23N3O/c1-11-4-3-5-12(2)18(11)10-15(19)17-14-8-6-13(16)7-9-14/h6-9,11-12H,3-5,10,16H2,1-2H3,(H,17,19)/t11-,12+. The Morgan fingerprint density at radius 2 is 1.84 bits per heavy atom. The molecule has 0 aromatic heterocycles. The fraction of sp³-hybridized carbons (Fsp3) is 0.533. The number of hydrogen-bond donors (Lipinski definition) is 2. The molecule has 2 atom stereocenters. The second-order valence-electron chi connectivity index (χ2n) is 5.47. The van der Waals surface area contributed by atoms with Gasteiger partial charge >= 0.3 is 0 Å². The van der Waals surface area contributed by atoms with E-state index in [1.54, 1.807) is 12.1 Å². The van der Waals surface area contributed by atoms with Crippen LogP contribution in [-0.4, -0.2) is 29.4 Å². The van der Waals surface area contributed by atoms with Gasteiger partial charge < -0.3 is 11.1 Å². The van der Waals surface area contributed by atoms with Crippen LogP contribution in [0.25, 0.3) is 0 Å². The summed E-state index contributed by atoms with van der Waals surface area (Å²) < 4.78 is 0. The summed E-state index contributed by atoms with van der Waals surface area (Å²) in [6.07, 6.45) is 3.62. The number of benzene rings is 1. The van der Waals surface area contributed by atoms with E-state index in [2.05, 4.69) is 24.1 Å². The normalized spacial score (nSPS) is 24.1. The Hall–Kier alpha value is -1.55. The molecule has 104 valence electrons. The van der Waals surface area contributed by atoms with E-state index in [0.29, 0.717) is 24.3 Å². The third kappa shape index (κ3) is 3.70. The van der Waals surface area contributed by atoms with Crippen LogP contribution in [0.1, 0.15) is 33.1 Å². The number of anilines is 2. The molecule has 1 aliphatic heterocycles. The van der Waals surface area contributed by atoms with Crippen LogP contribution in [-0.2, 0) is 4.79 Å². The Morgan fingerprint density at radius 1 is 1.26 bits per heavy atom. The number of nitrogens with one attached hydrogen (secondary N) is 1. The van der Waals surface area contributed by atoms with Crippen LogP contribution in [0, 0.1) is 0 Å². The average Bonchev–Trinajstić information content (AvgIpc) is 2.37. The number of rotatable bonds is 3. The predicted molar refractivity (Wildman–Crippen MR) is 79.0 cm³/mol. The summed E-state index contributed by atoms with van der Waals surface area (Å²) >= 11 is 0. The molecule has 1 fully saturated rings. The Bertz CT molecular complexity index is 420. The molecular formula is C15H23N3O.